The first-order chi connectivity index (χ1) is 13.8. The van der Waals surface area contributed by atoms with Crippen LogP contribution in [0.4, 0.5) is 4.79 Å². The SMILES string of the molecule is CC(C)(C)OCc1cccc(CNC(=O)N2CCOC(c3cccc(Br)c3)C2)c1. The number of halogens is 1. The van der Waals surface area contributed by atoms with Crippen LogP contribution in [0.3, 0.4) is 0 Å². The summed E-state index contributed by atoms with van der Waals surface area (Å²) in [6.45, 7) is 8.84. The molecule has 1 aliphatic heterocycles. The van der Waals surface area contributed by atoms with Gasteiger partial charge in [-0.25, -0.2) is 4.79 Å². The number of benzene rings is 2. The van der Waals surface area contributed by atoms with Crippen molar-refractivity contribution in [2.24, 2.45) is 0 Å². The van der Waals surface area contributed by atoms with E-state index >= 15 is 0 Å². The van der Waals surface area contributed by atoms with Gasteiger partial charge in [0.25, 0.3) is 0 Å². The Morgan fingerprint density at radius 3 is 2.72 bits per heavy atom. The summed E-state index contributed by atoms with van der Waals surface area (Å²) in [5.41, 5.74) is 3.06. The highest BCUT2D eigenvalue weighted by atomic mass is 79.9. The third kappa shape index (κ3) is 6.84. The van der Waals surface area contributed by atoms with E-state index < -0.39 is 0 Å². The van der Waals surface area contributed by atoms with Crippen molar-refractivity contribution in [3.63, 3.8) is 0 Å². The van der Waals surface area contributed by atoms with Crippen LogP contribution in [-0.4, -0.2) is 36.2 Å². The number of rotatable bonds is 5. The zero-order valence-corrected chi connectivity index (χ0v) is 18.9. The van der Waals surface area contributed by atoms with Crippen LogP contribution in [0.2, 0.25) is 0 Å². The number of urea groups is 1. The molecule has 0 spiro atoms. The van der Waals surface area contributed by atoms with E-state index in [9.17, 15) is 4.79 Å². The standard InChI is InChI=1S/C23H29BrN2O3/c1-23(2,3)29-16-18-7-4-6-17(12-18)14-25-22(27)26-10-11-28-21(15-26)19-8-5-9-20(24)13-19/h4-9,12-13,21H,10-11,14-16H2,1-3H3,(H,25,27). The molecule has 1 heterocycles. The molecule has 2 aromatic rings. The van der Waals surface area contributed by atoms with Gasteiger partial charge in [0.1, 0.15) is 6.10 Å². The Morgan fingerprint density at radius 2 is 1.97 bits per heavy atom. The fraction of sp³-hybridized carbons (Fsp3) is 0.435. The first-order valence-electron chi connectivity index (χ1n) is 9.92. The van der Waals surface area contributed by atoms with E-state index in [0.717, 1.165) is 21.2 Å². The second-order valence-corrected chi connectivity index (χ2v) is 9.16. The van der Waals surface area contributed by atoms with Crippen molar-refractivity contribution in [2.75, 3.05) is 19.7 Å². The average Bonchev–Trinajstić information content (AvgIpc) is 2.70. The largest absolute Gasteiger partial charge is 0.371 e. The van der Waals surface area contributed by atoms with Crippen LogP contribution < -0.4 is 5.32 Å². The predicted molar refractivity (Wildman–Crippen MR) is 118 cm³/mol. The van der Waals surface area contributed by atoms with E-state index in [1.54, 1.807) is 0 Å². The highest BCUT2D eigenvalue weighted by Gasteiger charge is 2.25. The van der Waals surface area contributed by atoms with Gasteiger partial charge < -0.3 is 19.7 Å². The van der Waals surface area contributed by atoms with Gasteiger partial charge in [0.15, 0.2) is 0 Å². The highest BCUT2D eigenvalue weighted by molar-refractivity contribution is 9.10. The molecule has 2 aromatic carbocycles. The Kier molecular flexibility index (Phi) is 7.33. The Bertz CT molecular complexity index is 835. The Morgan fingerprint density at radius 1 is 1.21 bits per heavy atom. The number of hydrogen-bond donors (Lipinski definition) is 1. The molecule has 0 aromatic heterocycles. The van der Waals surface area contributed by atoms with Gasteiger partial charge in [-0.05, 0) is 49.6 Å². The van der Waals surface area contributed by atoms with Gasteiger partial charge in [-0.2, -0.15) is 0 Å². The van der Waals surface area contributed by atoms with Gasteiger partial charge >= 0.3 is 6.03 Å². The minimum atomic E-state index is -0.175. The highest BCUT2D eigenvalue weighted by Crippen LogP contribution is 2.24. The molecule has 2 amide bonds. The summed E-state index contributed by atoms with van der Waals surface area (Å²) in [6, 6.07) is 16.1. The molecule has 1 fully saturated rings. The lowest BCUT2D eigenvalue weighted by Crippen LogP contribution is -2.46. The maximum Gasteiger partial charge on any atom is 0.317 e. The van der Waals surface area contributed by atoms with Crippen LogP contribution in [0, 0.1) is 0 Å². The van der Waals surface area contributed by atoms with Crippen LogP contribution in [0.1, 0.15) is 43.6 Å². The van der Waals surface area contributed by atoms with Gasteiger partial charge in [0.05, 0.1) is 25.4 Å². The van der Waals surface area contributed by atoms with Crippen LogP contribution in [0.5, 0.6) is 0 Å². The van der Waals surface area contributed by atoms with Crippen molar-refractivity contribution in [1.29, 1.82) is 0 Å². The van der Waals surface area contributed by atoms with Crippen molar-refractivity contribution in [1.82, 2.24) is 10.2 Å². The second kappa shape index (κ2) is 9.74. The van der Waals surface area contributed by atoms with Crippen LogP contribution >= 0.6 is 15.9 Å². The molecule has 29 heavy (non-hydrogen) atoms. The van der Waals surface area contributed by atoms with E-state index in [1.807, 2.05) is 68.1 Å². The molecular weight excluding hydrogens is 432 g/mol. The lowest BCUT2D eigenvalue weighted by molar-refractivity contribution is -0.0155. The molecule has 1 atom stereocenters. The van der Waals surface area contributed by atoms with Gasteiger partial charge in [-0.15, -0.1) is 0 Å². The fourth-order valence-corrected chi connectivity index (χ4v) is 3.58. The van der Waals surface area contributed by atoms with Crippen LogP contribution in [0.15, 0.2) is 53.0 Å². The predicted octanol–water partition coefficient (Wildman–Crippen LogP) is 5.05. The van der Waals surface area contributed by atoms with Gasteiger partial charge in [-0.1, -0.05) is 52.3 Å². The third-order valence-electron chi connectivity index (χ3n) is 4.68. The fourth-order valence-electron chi connectivity index (χ4n) is 3.16. The number of hydrogen-bond acceptors (Lipinski definition) is 3. The molecule has 1 aliphatic rings. The van der Waals surface area contributed by atoms with Crippen molar-refractivity contribution in [3.8, 4) is 0 Å². The smallest absolute Gasteiger partial charge is 0.317 e. The van der Waals surface area contributed by atoms with Crippen molar-refractivity contribution < 1.29 is 14.3 Å². The molecule has 5 nitrogen and oxygen atoms in total. The molecule has 6 heteroatoms. The average molecular weight is 461 g/mol. The first kappa shape index (κ1) is 21.8. The number of nitrogens with one attached hydrogen (secondary N) is 1. The van der Waals surface area contributed by atoms with Crippen molar-refractivity contribution in [3.05, 3.63) is 69.7 Å². The summed E-state index contributed by atoms with van der Waals surface area (Å²) in [5.74, 6) is 0. The molecule has 156 valence electrons. The molecule has 1 unspecified atom stereocenters. The summed E-state index contributed by atoms with van der Waals surface area (Å²) in [4.78, 5) is 14.5. The van der Waals surface area contributed by atoms with E-state index in [1.165, 1.54) is 0 Å². The summed E-state index contributed by atoms with van der Waals surface area (Å²) in [7, 11) is 0. The Balaban J connectivity index is 1.54. The lowest BCUT2D eigenvalue weighted by Gasteiger charge is -2.33. The molecule has 0 saturated carbocycles. The zero-order chi connectivity index (χ0) is 20.9. The number of morpholine rings is 1. The summed E-state index contributed by atoms with van der Waals surface area (Å²) < 4.78 is 12.7. The molecular formula is C23H29BrN2O3. The maximum absolute atomic E-state index is 12.7. The number of nitrogens with zero attached hydrogens (tertiary/aromatic N) is 1. The minimum absolute atomic E-state index is 0.0651. The normalized spacial score (nSPS) is 17.2. The van der Waals surface area contributed by atoms with Gasteiger partial charge in [-0.3, -0.25) is 0 Å². The number of ether oxygens (including phenoxy) is 2. The molecule has 3 rings (SSSR count). The number of amides is 2. The second-order valence-electron chi connectivity index (χ2n) is 8.24. The van der Waals surface area contributed by atoms with Crippen molar-refractivity contribution >= 4 is 22.0 Å². The first-order valence-corrected chi connectivity index (χ1v) is 10.7. The minimum Gasteiger partial charge on any atom is -0.371 e. The summed E-state index contributed by atoms with van der Waals surface area (Å²) in [5, 5.41) is 3.03. The van der Waals surface area contributed by atoms with Crippen LogP contribution in [-0.2, 0) is 22.6 Å². The van der Waals surface area contributed by atoms with Gasteiger partial charge in [0, 0.05) is 17.6 Å². The molecule has 0 bridgehead atoms. The molecule has 1 N–H and O–H groups in total. The maximum atomic E-state index is 12.7. The van der Waals surface area contributed by atoms with E-state index in [-0.39, 0.29) is 17.7 Å². The third-order valence-corrected chi connectivity index (χ3v) is 5.17. The van der Waals surface area contributed by atoms with Crippen LogP contribution in [0.25, 0.3) is 0 Å². The Hall–Kier alpha value is -1.89. The van der Waals surface area contributed by atoms with Crippen molar-refractivity contribution in [2.45, 2.75) is 45.6 Å². The molecule has 0 radical (unpaired) electrons. The summed E-state index contributed by atoms with van der Waals surface area (Å²) >= 11 is 3.49. The van der Waals surface area contributed by atoms with E-state index in [2.05, 4.69) is 27.3 Å². The Labute approximate surface area is 181 Å². The van der Waals surface area contributed by atoms with E-state index in [4.69, 9.17) is 9.47 Å². The number of carbonyl (C=O) groups excluding carboxylic acids is 1. The van der Waals surface area contributed by atoms with E-state index in [0.29, 0.717) is 32.8 Å². The summed E-state index contributed by atoms with van der Waals surface area (Å²) in [6.07, 6.45) is -0.107. The topological polar surface area (TPSA) is 50.8 Å². The lowest BCUT2D eigenvalue weighted by atomic mass is 10.1. The number of carbonyl (C=O) groups is 1. The molecule has 1 saturated heterocycles. The quantitative estimate of drug-likeness (QED) is 0.678. The van der Waals surface area contributed by atoms with Gasteiger partial charge in [0.2, 0.25) is 0 Å². The zero-order valence-electron chi connectivity index (χ0n) is 17.3. The monoisotopic (exact) mass is 460 g/mol. The molecule has 0 aliphatic carbocycles.